The molecule has 0 saturated carbocycles. The Balaban J connectivity index is 1.33. The number of aromatic carboxylic acids is 1. The highest BCUT2D eigenvalue weighted by molar-refractivity contribution is 6.01. The van der Waals surface area contributed by atoms with Crippen LogP contribution in [-0.4, -0.2) is 72.5 Å². The maximum absolute atomic E-state index is 13.9. The third kappa shape index (κ3) is 8.57. The summed E-state index contributed by atoms with van der Waals surface area (Å²) in [6, 6.07) is 5.66. The van der Waals surface area contributed by atoms with Gasteiger partial charge >= 0.3 is 5.97 Å². The Morgan fingerprint density at radius 3 is 2.21 bits per heavy atom. The average Bonchev–Trinajstić information content (AvgIpc) is 3.98. The van der Waals surface area contributed by atoms with Crippen LogP contribution in [-0.2, 0) is 9.59 Å². The van der Waals surface area contributed by atoms with Crippen LogP contribution in [0, 0.1) is 11.8 Å². The molecule has 4 atom stereocenters. The topological polar surface area (TPSA) is 275 Å². The summed E-state index contributed by atoms with van der Waals surface area (Å²) < 4.78 is 21.9. The maximum atomic E-state index is 13.9. The van der Waals surface area contributed by atoms with Crippen LogP contribution >= 0.6 is 0 Å². The number of rotatable bonds is 16. The number of amides is 3. The number of nitrogens with zero attached hydrogens (tertiary/aromatic N) is 4. The van der Waals surface area contributed by atoms with Crippen molar-refractivity contribution < 1.29 is 47.1 Å². The number of carboxylic acids is 1. The molecule has 18 nitrogen and oxygen atoms in total. The lowest BCUT2D eigenvalue weighted by Gasteiger charge is -2.27. The highest BCUT2D eigenvalue weighted by atomic mass is 16.4. The second-order valence-corrected chi connectivity index (χ2v) is 12.3. The summed E-state index contributed by atoms with van der Waals surface area (Å²) in [5, 5.41) is 26.6. The van der Waals surface area contributed by atoms with Gasteiger partial charge in [-0.15, -0.1) is 0 Å². The van der Waals surface area contributed by atoms with E-state index in [4.69, 9.17) is 28.5 Å². The first-order valence-corrected chi connectivity index (χ1v) is 16.5. The van der Waals surface area contributed by atoms with Crippen LogP contribution in [0.25, 0.3) is 40.2 Å². The van der Waals surface area contributed by atoms with E-state index in [0.29, 0.717) is 12.0 Å². The summed E-state index contributed by atoms with van der Waals surface area (Å²) in [7, 11) is 0. The smallest absolute Gasteiger partial charge is 0.357 e. The van der Waals surface area contributed by atoms with Crippen LogP contribution in [0.15, 0.2) is 73.4 Å². The zero-order valence-corrected chi connectivity index (χ0v) is 29.2. The van der Waals surface area contributed by atoms with Gasteiger partial charge in [-0.25, -0.2) is 24.7 Å². The molecule has 0 bridgehead atoms. The number of aliphatic hydroxyl groups excluding tert-OH is 1. The first-order valence-electron chi connectivity index (χ1n) is 16.5. The Morgan fingerprint density at radius 1 is 0.868 bits per heavy atom. The van der Waals surface area contributed by atoms with Crippen molar-refractivity contribution in [3.63, 3.8) is 0 Å². The molecule has 0 unspecified atom stereocenters. The molecule has 3 amide bonds. The SMILES string of the molecule is C=C(NC(=O)[C@@H](NC(=O)[C@H](NC(=O)c1nc(-c2coc([C@H](N)CO)n2)oc1-c1ccccc1)[C@H](C)CC)C(C)C)c1nc(-c2nc(C(=O)O)co2)co1. The molecule has 5 aromatic rings. The van der Waals surface area contributed by atoms with Crippen molar-refractivity contribution in [2.45, 2.75) is 52.2 Å². The number of hydrogen-bond acceptors (Lipinski definition) is 14. The van der Waals surface area contributed by atoms with Crippen molar-refractivity contribution in [1.82, 2.24) is 35.9 Å². The van der Waals surface area contributed by atoms with E-state index < -0.39 is 60.3 Å². The summed E-state index contributed by atoms with van der Waals surface area (Å²) in [6.45, 7) is 10.5. The van der Waals surface area contributed by atoms with Crippen molar-refractivity contribution in [3.05, 3.63) is 78.9 Å². The molecule has 278 valence electrons. The van der Waals surface area contributed by atoms with Gasteiger partial charge in [-0.2, -0.15) is 0 Å². The minimum atomic E-state index is -1.29. The Morgan fingerprint density at radius 2 is 1.57 bits per heavy atom. The average molecular weight is 731 g/mol. The van der Waals surface area contributed by atoms with Gasteiger partial charge in [-0.05, 0) is 11.8 Å². The summed E-state index contributed by atoms with van der Waals surface area (Å²) in [5.74, 6) is -4.23. The van der Waals surface area contributed by atoms with E-state index in [2.05, 4.69) is 42.5 Å². The molecule has 0 aliphatic carbocycles. The molecule has 1 aromatic carbocycles. The van der Waals surface area contributed by atoms with Crippen LogP contribution in [0.3, 0.4) is 0 Å². The van der Waals surface area contributed by atoms with E-state index in [0.717, 1.165) is 12.5 Å². The number of oxazole rings is 4. The molecule has 18 heteroatoms. The fourth-order valence-electron chi connectivity index (χ4n) is 4.97. The first-order chi connectivity index (χ1) is 25.3. The molecular weight excluding hydrogens is 692 g/mol. The molecule has 4 aromatic heterocycles. The Kier molecular flexibility index (Phi) is 11.6. The number of nitrogens with two attached hydrogens (primary N) is 1. The highest BCUT2D eigenvalue weighted by Gasteiger charge is 2.34. The molecule has 0 aliphatic rings. The Bertz CT molecular complexity index is 2100. The number of carboxylic acid groups (broad SMARTS) is 1. The van der Waals surface area contributed by atoms with Gasteiger partial charge in [0.05, 0.1) is 12.3 Å². The second-order valence-electron chi connectivity index (χ2n) is 12.3. The van der Waals surface area contributed by atoms with E-state index in [1.165, 1.54) is 6.26 Å². The van der Waals surface area contributed by atoms with Gasteiger partial charge in [-0.1, -0.05) is 71.0 Å². The molecular formula is C35H38N8O10. The fraction of sp³-hybridized carbons (Fsp3) is 0.314. The standard InChI is InChI=1S/C35H38N8O10/c1-6-17(4)25(42-30(47)26-27(19-10-8-7-9-11-19)53-34(43-26)22-14-51-32(39-22)20(36)12-44)29(46)41-24(16(2)3)28(45)37-18(5)31-38-21(13-50-31)33-40-23(15-52-33)35(48)49/h7-11,13-17,20,24-25,44H,5-6,12,36H2,1-4H3,(H,37,45)(H,41,46)(H,42,47)(H,48,49)/t17-,20-,24+,25-/m1/s1. The van der Waals surface area contributed by atoms with Crippen LogP contribution in [0.2, 0.25) is 0 Å². The molecule has 0 spiro atoms. The molecule has 0 radical (unpaired) electrons. The lowest BCUT2D eigenvalue weighted by molar-refractivity contribution is -0.131. The zero-order chi connectivity index (χ0) is 38.4. The van der Waals surface area contributed by atoms with E-state index in [-0.39, 0.29) is 57.8 Å². The Hall–Kier alpha value is -6.40. The summed E-state index contributed by atoms with van der Waals surface area (Å²) in [6.07, 6.45) is 3.83. The monoisotopic (exact) mass is 730 g/mol. The summed E-state index contributed by atoms with van der Waals surface area (Å²) >= 11 is 0. The predicted octanol–water partition coefficient (Wildman–Crippen LogP) is 3.40. The predicted molar refractivity (Wildman–Crippen MR) is 185 cm³/mol. The molecule has 4 heterocycles. The number of nitrogens with one attached hydrogen (secondary N) is 3. The van der Waals surface area contributed by atoms with Gasteiger partial charge in [0.2, 0.25) is 35.4 Å². The van der Waals surface area contributed by atoms with Gasteiger partial charge in [0.25, 0.3) is 5.91 Å². The number of carbonyl (C=O) groups is 4. The number of hydrogen-bond donors (Lipinski definition) is 6. The summed E-state index contributed by atoms with van der Waals surface area (Å²) in [5.41, 5.74) is 6.03. The van der Waals surface area contributed by atoms with Gasteiger partial charge in [-0.3, -0.25) is 14.4 Å². The largest absolute Gasteiger partial charge is 0.476 e. The highest BCUT2D eigenvalue weighted by Crippen LogP contribution is 2.30. The van der Waals surface area contributed by atoms with Crippen molar-refractivity contribution in [2.75, 3.05) is 6.61 Å². The maximum Gasteiger partial charge on any atom is 0.357 e. The molecule has 0 aliphatic heterocycles. The second kappa shape index (κ2) is 16.3. The first kappa shape index (κ1) is 37.8. The molecule has 5 rings (SSSR count). The van der Waals surface area contributed by atoms with Gasteiger partial charge in [0.15, 0.2) is 28.5 Å². The lowest BCUT2D eigenvalue weighted by Crippen LogP contribution is -2.57. The van der Waals surface area contributed by atoms with E-state index >= 15 is 0 Å². The van der Waals surface area contributed by atoms with Crippen LogP contribution in [0.4, 0.5) is 0 Å². The third-order valence-electron chi connectivity index (χ3n) is 8.14. The van der Waals surface area contributed by atoms with Crippen LogP contribution in [0.1, 0.15) is 72.9 Å². The number of aromatic nitrogens is 4. The molecule has 0 fully saturated rings. The van der Waals surface area contributed by atoms with Gasteiger partial charge in [0, 0.05) is 5.56 Å². The van der Waals surface area contributed by atoms with E-state index in [9.17, 15) is 24.3 Å². The van der Waals surface area contributed by atoms with Gasteiger partial charge < -0.3 is 49.6 Å². The van der Waals surface area contributed by atoms with Crippen molar-refractivity contribution in [2.24, 2.45) is 17.6 Å². The van der Waals surface area contributed by atoms with E-state index in [1.807, 2.05) is 6.92 Å². The Labute approximate surface area is 301 Å². The molecule has 53 heavy (non-hydrogen) atoms. The minimum absolute atomic E-state index is 0.0428. The van der Waals surface area contributed by atoms with Crippen LogP contribution < -0.4 is 21.7 Å². The lowest BCUT2D eigenvalue weighted by atomic mass is 9.96. The van der Waals surface area contributed by atoms with Crippen molar-refractivity contribution in [3.8, 4) is 34.5 Å². The van der Waals surface area contributed by atoms with Crippen molar-refractivity contribution in [1.29, 1.82) is 0 Å². The van der Waals surface area contributed by atoms with Gasteiger partial charge in [0.1, 0.15) is 36.9 Å². The quantitative estimate of drug-likeness (QED) is 0.0849. The normalized spacial score (nSPS) is 13.6. The fourth-order valence-corrected chi connectivity index (χ4v) is 4.97. The third-order valence-corrected chi connectivity index (χ3v) is 8.14. The van der Waals surface area contributed by atoms with Crippen molar-refractivity contribution >= 4 is 29.4 Å². The number of carbonyl (C=O) groups excluding carboxylic acids is 3. The van der Waals surface area contributed by atoms with Crippen LogP contribution in [0.5, 0.6) is 0 Å². The van der Waals surface area contributed by atoms with E-state index in [1.54, 1.807) is 51.1 Å². The number of aliphatic hydroxyl groups is 1. The minimum Gasteiger partial charge on any atom is -0.476 e. The summed E-state index contributed by atoms with van der Waals surface area (Å²) in [4.78, 5) is 69.0. The molecule has 0 saturated heterocycles. The molecule has 7 N–H and O–H groups in total. The zero-order valence-electron chi connectivity index (χ0n) is 29.2. The number of benzene rings is 1.